The molecule has 108 valence electrons. The van der Waals surface area contributed by atoms with Gasteiger partial charge in [-0.15, -0.1) is 0 Å². The predicted octanol–water partition coefficient (Wildman–Crippen LogP) is 1.32. The van der Waals surface area contributed by atoms with E-state index in [4.69, 9.17) is 4.74 Å². The smallest absolute Gasteiger partial charge is 0.243 e. The van der Waals surface area contributed by atoms with Crippen LogP contribution in [0.1, 0.15) is 25.3 Å². The Morgan fingerprint density at radius 2 is 2.20 bits per heavy atom. The Morgan fingerprint density at radius 3 is 2.90 bits per heavy atom. The average Bonchev–Trinajstić information content (AvgIpc) is 2.47. The number of hydrogen-bond acceptors (Lipinski definition) is 3. The maximum absolute atomic E-state index is 12.1. The summed E-state index contributed by atoms with van der Waals surface area (Å²) in [7, 11) is 1.61. The van der Waals surface area contributed by atoms with E-state index in [9.17, 15) is 9.59 Å². The molecule has 2 rings (SSSR count). The number of benzene rings is 1. The standard InChI is InChI=1S/C15H20N2O3/c1-3-5-13-15(19)16-9-14(18)17(13)10-11-6-4-7-12(8-11)20-2/h4,6-8,13H,3,5,9-10H2,1-2H3,(H,16,19)/t13-/m0/s1. The molecule has 20 heavy (non-hydrogen) atoms. The first kappa shape index (κ1) is 14.4. The normalized spacial score (nSPS) is 18.9. The molecule has 2 amide bonds. The zero-order valence-electron chi connectivity index (χ0n) is 11.9. The summed E-state index contributed by atoms with van der Waals surface area (Å²) in [5.74, 6) is 0.656. The van der Waals surface area contributed by atoms with Gasteiger partial charge in [-0.3, -0.25) is 9.59 Å². The van der Waals surface area contributed by atoms with Crippen LogP contribution in [0.25, 0.3) is 0 Å². The summed E-state index contributed by atoms with van der Waals surface area (Å²) < 4.78 is 5.18. The number of carbonyl (C=O) groups is 2. The zero-order chi connectivity index (χ0) is 14.5. The topological polar surface area (TPSA) is 58.6 Å². The number of piperazine rings is 1. The summed E-state index contributed by atoms with van der Waals surface area (Å²) in [4.78, 5) is 25.7. The van der Waals surface area contributed by atoms with E-state index < -0.39 is 0 Å². The number of carbonyl (C=O) groups excluding carboxylic acids is 2. The molecule has 1 N–H and O–H groups in total. The molecule has 0 aliphatic carbocycles. The van der Waals surface area contributed by atoms with Crippen LogP contribution in [-0.2, 0) is 16.1 Å². The zero-order valence-corrected chi connectivity index (χ0v) is 11.9. The van der Waals surface area contributed by atoms with Crippen molar-refractivity contribution in [3.63, 3.8) is 0 Å². The molecule has 1 fully saturated rings. The van der Waals surface area contributed by atoms with Crippen LogP contribution in [0.15, 0.2) is 24.3 Å². The summed E-state index contributed by atoms with van der Waals surface area (Å²) in [6, 6.07) is 7.20. The van der Waals surface area contributed by atoms with Crippen LogP contribution in [0, 0.1) is 0 Å². The van der Waals surface area contributed by atoms with Gasteiger partial charge in [0.1, 0.15) is 11.8 Å². The number of hydrogen-bond donors (Lipinski definition) is 1. The first-order valence-corrected chi connectivity index (χ1v) is 6.85. The monoisotopic (exact) mass is 276 g/mol. The highest BCUT2D eigenvalue weighted by Gasteiger charge is 2.33. The number of methoxy groups -OCH3 is 1. The van der Waals surface area contributed by atoms with Crippen molar-refractivity contribution < 1.29 is 14.3 Å². The van der Waals surface area contributed by atoms with Crippen LogP contribution in [0.3, 0.4) is 0 Å². The van der Waals surface area contributed by atoms with E-state index in [-0.39, 0.29) is 24.4 Å². The van der Waals surface area contributed by atoms with E-state index in [0.717, 1.165) is 17.7 Å². The van der Waals surface area contributed by atoms with Gasteiger partial charge in [-0.2, -0.15) is 0 Å². The van der Waals surface area contributed by atoms with Crippen LogP contribution >= 0.6 is 0 Å². The molecule has 0 bridgehead atoms. The van der Waals surface area contributed by atoms with E-state index in [0.29, 0.717) is 13.0 Å². The highest BCUT2D eigenvalue weighted by Crippen LogP contribution is 2.19. The van der Waals surface area contributed by atoms with Gasteiger partial charge in [-0.05, 0) is 24.1 Å². The Bertz CT molecular complexity index is 502. The van der Waals surface area contributed by atoms with Crippen molar-refractivity contribution in [1.82, 2.24) is 10.2 Å². The van der Waals surface area contributed by atoms with E-state index in [1.807, 2.05) is 31.2 Å². The molecule has 0 spiro atoms. The summed E-state index contributed by atoms with van der Waals surface area (Å²) >= 11 is 0. The minimum Gasteiger partial charge on any atom is -0.497 e. The molecule has 1 aliphatic heterocycles. The van der Waals surface area contributed by atoms with Crippen LogP contribution in [0.5, 0.6) is 5.75 Å². The van der Waals surface area contributed by atoms with Gasteiger partial charge in [-0.25, -0.2) is 0 Å². The number of nitrogens with one attached hydrogen (secondary N) is 1. The van der Waals surface area contributed by atoms with Crippen LogP contribution in [0.2, 0.25) is 0 Å². The molecule has 1 heterocycles. The first-order valence-electron chi connectivity index (χ1n) is 6.85. The minimum absolute atomic E-state index is 0.0362. The fourth-order valence-corrected chi connectivity index (χ4v) is 2.42. The molecule has 5 nitrogen and oxygen atoms in total. The molecule has 0 saturated carbocycles. The van der Waals surface area contributed by atoms with Crippen LogP contribution in [-0.4, -0.2) is 36.4 Å². The fraction of sp³-hybridized carbons (Fsp3) is 0.467. The van der Waals surface area contributed by atoms with E-state index in [2.05, 4.69) is 5.32 Å². The second-order valence-electron chi connectivity index (χ2n) is 4.90. The van der Waals surface area contributed by atoms with E-state index in [1.165, 1.54) is 0 Å². The molecule has 5 heteroatoms. The second-order valence-corrected chi connectivity index (χ2v) is 4.90. The molecular weight excluding hydrogens is 256 g/mol. The minimum atomic E-state index is -0.368. The lowest BCUT2D eigenvalue weighted by Gasteiger charge is -2.35. The Kier molecular flexibility index (Phi) is 4.61. The van der Waals surface area contributed by atoms with Gasteiger partial charge in [0.2, 0.25) is 11.8 Å². The van der Waals surface area contributed by atoms with Gasteiger partial charge in [0, 0.05) is 6.54 Å². The van der Waals surface area contributed by atoms with Gasteiger partial charge in [0.05, 0.1) is 13.7 Å². The van der Waals surface area contributed by atoms with Crippen molar-refractivity contribution in [3.8, 4) is 5.75 Å². The van der Waals surface area contributed by atoms with Crippen molar-refractivity contribution in [1.29, 1.82) is 0 Å². The van der Waals surface area contributed by atoms with Crippen molar-refractivity contribution in [3.05, 3.63) is 29.8 Å². The molecule has 0 unspecified atom stereocenters. The van der Waals surface area contributed by atoms with E-state index in [1.54, 1.807) is 12.0 Å². The molecule has 1 aromatic carbocycles. The third-order valence-electron chi connectivity index (χ3n) is 3.46. The number of nitrogens with zero attached hydrogens (tertiary/aromatic N) is 1. The first-order chi connectivity index (χ1) is 9.65. The Morgan fingerprint density at radius 1 is 1.40 bits per heavy atom. The fourth-order valence-electron chi connectivity index (χ4n) is 2.42. The molecule has 1 atom stereocenters. The summed E-state index contributed by atoms with van der Waals surface area (Å²) in [5, 5.41) is 2.65. The molecule has 0 aromatic heterocycles. The van der Waals surface area contributed by atoms with Gasteiger partial charge in [-0.1, -0.05) is 25.5 Å². The second kappa shape index (κ2) is 6.41. The molecular formula is C15H20N2O3. The SMILES string of the molecule is CCC[C@H]1C(=O)NCC(=O)N1Cc1cccc(OC)c1. The molecule has 1 aliphatic rings. The third kappa shape index (κ3) is 3.10. The Balaban J connectivity index is 2.18. The van der Waals surface area contributed by atoms with Crippen molar-refractivity contribution in [2.75, 3.05) is 13.7 Å². The number of amides is 2. The predicted molar refractivity (Wildman–Crippen MR) is 75.2 cm³/mol. The lowest BCUT2D eigenvalue weighted by atomic mass is 10.1. The van der Waals surface area contributed by atoms with Gasteiger partial charge in [0.25, 0.3) is 0 Å². The summed E-state index contributed by atoms with van der Waals surface area (Å²) in [6.07, 6.45) is 1.54. The average molecular weight is 276 g/mol. The van der Waals surface area contributed by atoms with Crippen LogP contribution in [0.4, 0.5) is 0 Å². The van der Waals surface area contributed by atoms with Gasteiger partial charge < -0.3 is 15.0 Å². The largest absolute Gasteiger partial charge is 0.497 e. The van der Waals surface area contributed by atoms with Gasteiger partial charge >= 0.3 is 0 Å². The van der Waals surface area contributed by atoms with Crippen molar-refractivity contribution in [2.24, 2.45) is 0 Å². The maximum atomic E-state index is 12.1. The highest BCUT2D eigenvalue weighted by atomic mass is 16.5. The summed E-state index contributed by atoms with van der Waals surface area (Å²) in [6.45, 7) is 2.53. The maximum Gasteiger partial charge on any atom is 0.243 e. The quantitative estimate of drug-likeness (QED) is 0.882. The molecule has 1 aromatic rings. The number of ether oxygens (including phenoxy) is 1. The summed E-state index contributed by atoms with van der Waals surface area (Å²) in [5.41, 5.74) is 0.966. The van der Waals surface area contributed by atoms with Crippen LogP contribution < -0.4 is 10.1 Å². The van der Waals surface area contributed by atoms with Crippen molar-refractivity contribution in [2.45, 2.75) is 32.4 Å². The molecule has 0 radical (unpaired) electrons. The van der Waals surface area contributed by atoms with Gasteiger partial charge in [0.15, 0.2) is 0 Å². The number of rotatable bonds is 5. The lowest BCUT2D eigenvalue weighted by molar-refractivity contribution is -0.146. The van der Waals surface area contributed by atoms with Crippen molar-refractivity contribution >= 4 is 11.8 Å². The highest BCUT2D eigenvalue weighted by molar-refractivity contribution is 5.94. The Hall–Kier alpha value is -2.04. The van der Waals surface area contributed by atoms with E-state index >= 15 is 0 Å². The lowest BCUT2D eigenvalue weighted by Crippen LogP contribution is -2.57. The third-order valence-corrected chi connectivity index (χ3v) is 3.46. The molecule has 1 saturated heterocycles. The Labute approximate surface area is 118 Å².